The lowest BCUT2D eigenvalue weighted by molar-refractivity contribution is -0.135. The van der Waals surface area contributed by atoms with Crippen LogP contribution < -0.4 is 20.3 Å². The van der Waals surface area contributed by atoms with Gasteiger partial charge in [-0.15, -0.1) is 0 Å². The summed E-state index contributed by atoms with van der Waals surface area (Å²) in [7, 11) is -3.59. The summed E-state index contributed by atoms with van der Waals surface area (Å²) in [6.45, 7) is 2.80. The molecule has 1 aromatic carbocycles. The van der Waals surface area contributed by atoms with Gasteiger partial charge in [0.1, 0.15) is 16.7 Å². The van der Waals surface area contributed by atoms with Crippen molar-refractivity contribution >= 4 is 15.9 Å². The number of fused-ring (bicyclic) bond motifs is 1. The molecule has 8 nitrogen and oxygen atoms in total. The van der Waals surface area contributed by atoms with Crippen LogP contribution in [0.1, 0.15) is 19.3 Å². The van der Waals surface area contributed by atoms with Gasteiger partial charge < -0.3 is 9.64 Å². The van der Waals surface area contributed by atoms with Gasteiger partial charge in [-0.2, -0.15) is 0 Å². The minimum Gasteiger partial charge on any atom is -0.492 e. The van der Waals surface area contributed by atoms with E-state index in [-0.39, 0.29) is 22.3 Å². The lowest BCUT2D eigenvalue weighted by atomic mass is 9.79. The Morgan fingerprint density at radius 1 is 1.23 bits per heavy atom. The number of amides is 1. The number of likely N-dealkylation sites (tertiary alicyclic amines) is 1. The van der Waals surface area contributed by atoms with Gasteiger partial charge in [-0.05, 0) is 31.4 Å². The van der Waals surface area contributed by atoms with Crippen LogP contribution in [0.5, 0.6) is 5.75 Å². The van der Waals surface area contributed by atoms with E-state index in [9.17, 15) is 13.2 Å². The first-order valence-electron chi connectivity index (χ1n) is 8.98. The van der Waals surface area contributed by atoms with Gasteiger partial charge >= 0.3 is 0 Å². The highest BCUT2D eigenvalue weighted by Gasteiger charge is 2.41. The first kappa shape index (κ1) is 17.7. The molecular weight excluding hydrogens is 356 g/mol. The zero-order valence-electron chi connectivity index (χ0n) is 14.5. The van der Waals surface area contributed by atoms with Gasteiger partial charge in [-0.25, -0.2) is 18.6 Å². The third-order valence-corrected chi connectivity index (χ3v) is 7.02. The Labute approximate surface area is 153 Å². The Hall–Kier alpha value is -1.68. The van der Waals surface area contributed by atoms with Gasteiger partial charge in [0.15, 0.2) is 0 Å². The van der Waals surface area contributed by atoms with E-state index in [0.29, 0.717) is 44.8 Å². The number of nitrogens with one attached hydrogen (secondary N) is 3. The molecule has 142 valence electrons. The Kier molecular flexibility index (Phi) is 4.64. The fourth-order valence-corrected chi connectivity index (χ4v) is 5.11. The summed E-state index contributed by atoms with van der Waals surface area (Å²) in [6, 6.07) is 6.54. The predicted octanol–water partition coefficient (Wildman–Crippen LogP) is -0.167. The topological polar surface area (TPSA) is 99.8 Å². The second-order valence-electron chi connectivity index (χ2n) is 7.30. The van der Waals surface area contributed by atoms with E-state index in [2.05, 4.69) is 15.6 Å². The summed E-state index contributed by atoms with van der Waals surface area (Å²) in [5.41, 5.74) is 5.70. The maximum atomic E-state index is 12.5. The van der Waals surface area contributed by atoms with E-state index in [1.165, 1.54) is 0 Å². The number of ether oxygens (including phenoxy) is 1. The zero-order chi connectivity index (χ0) is 18.2. The summed E-state index contributed by atoms with van der Waals surface area (Å²) in [5, 5.41) is 0. The van der Waals surface area contributed by atoms with Crippen molar-refractivity contribution in [3.63, 3.8) is 0 Å². The molecule has 3 N–H and O–H groups in total. The molecule has 1 unspecified atom stereocenters. The monoisotopic (exact) mass is 380 g/mol. The molecule has 0 bridgehead atoms. The van der Waals surface area contributed by atoms with Crippen molar-refractivity contribution in [3.05, 3.63) is 24.3 Å². The fraction of sp³-hybridized carbons (Fsp3) is 0.588. The number of carbonyl (C=O) groups excluding carboxylic acids is 1. The van der Waals surface area contributed by atoms with Crippen molar-refractivity contribution in [1.29, 1.82) is 0 Å². The zero-order valence-corrected chi connectivity index (χ0v) is 15.3. The Balaban J connectivity index is 1.46. The van der Waals surface area contributed by atoms with Crippen molar-refractivity contribution in [3.8, 4) is 5.75 Å². The second kappa shape index (κ2) is 6.80. The van der Waals surface area contributed by atoms with Crippen LogP contribution in [0.15, 0.2) is 29.2 Å². The highest BCUT2D eigenvalue weighted by atomic mass is 32.2. The molecule has 3 heterocycles. The molecule has 26 heavy (non-hydrogen) atoms. The number of nitrogens with zero attached hydrogens (tertiary/aromatic N) is 1. The number of benzene rings is 1. The number of carbonyl (C=O) groups is 1. The van der Waals surface area contributed by atoms with Crippen LogP contribution in [-0.2, 0) is 14.8 Å². The van der Waals surface area contributed by atoms with Crippen LogP contribution in [0, 0.1) is 5.41 Å². The summed E-state index contributed by atoms with van der Waals surface area (Å²) in [6.07, 6.45) is 2.22. The molecule has 2 fully saturated rings. The Bertz CT molecular complexity index is 784. The number of hydrogen-bond acceptors (Lipinski definition) is 6. The third kappa shape index (κ3) is 3.32. The third-order valence-electron chi connectivity index (χ3n) is 5.58. The number of rotatable bonds is 1. The van der Waals surface area contributed by atoms with Crippen molar-refractivity contribution < 1.29 is 17.9 Å². The largest absolute Gasteiger partial charge is 0.492 e. The number of hydrogen-bond donors (Lipinski definition) is 3. The molecule has 3 aliphatic heterocycles. The molecule has 1 spiro atoms. The second-order valence-corrected chi connectivity index (χ2v) is 9.03. The van der Waals surface area contributed by atoms with Gasteiger partial charge in [0.2, 0.25) is 15.9 Å². The molecule has 3 aliphatic rings. The molecule has 1 atom stereocenters. The Morgan fingerprint density at radius 3 is 2.73 bits per heavy atom. The normalized spacial score (nSPS) is 27.2. The van der Waals surface area contributed by atoms with Crippen LogP contribution in [0.3, 0.4) is 0 Å². The van der Waals surface area contributed by atoms with Gasteiger partial charge in [-0.1, -0.05) is 12.1 Å². The predicted molar refractivity (Wildman–Crippen MR) is 94.9 cm³/mol. The molecule has 0 saturated carbocycles. The van der Waals surface area contributed by atoms with E-state index in [1.807, 2.05) is 4.90 Å². The van der Waals surface area contributed by atoms with E-state index >= 15 is 0 Å². The molecule has 0 radical (unpaired) electrons. The van der Waals surface area contributed by atoms with Crippen LogP contribution >= 0.6 is 0 Å². The van der Waals surface area contributed by atoms with Gasteiger partial charge in [0.05, 0.1) is 6.61 Å². The van der Waals surface area contributed by atoms with Crippen LogP contribution in [-0.4, -0.2) is 58.1 Å². The fourth-order valence-electron chi connectivity index (χ4n) is 3.81. The summed E-state index contributed by atoms with van der Waals surface area (Å²) in [4.78, 5) is 14.6. The summed E-state index contributed by atoms with van der Waals surface area (Å²) in [5.74, 6) is 0.501. The quantitative estimate of drug-likeness (QED) is 0.626. The SMILES string of the molecule is O=C(C1CCNN1)N1CCC2(CC1)CNS(=O)(=O)c1ccccc1OC2. The maximum absolute atomic E-state index is 12.5. The highest BCUT2D eigenvalue weighted by molar-refractivity contribution is 7.89. The van der Waals surface area contributed by atoms with Crippen molar-refractivity contribution in [2.75, 3.05) is 32.8 Å². The minimum atomic E-state index is -3.59. The number of piperidine rings is 1. The molecule has 4 rings (SSSR count). The molecule has 2 saturated heterocycles. The lowest BCUT2D eigenvalue weighted by Gasteiger charge is -2.43. The minimum absolute atomic E-state index is 0.113. The van der Waals surface area contributed by atoms with Crippen molar-refractivity contribution in [2.24, 2.45) is 5.41 Å². The number of hydrazine groups is 1. The summed E-state index contributed by atoms with van der Waals surface area (Å²) >= 11 is 0. The van der Waals surface area contributed by atoms with E-state index < -0.39 is 10.0 Å². The first-order chi connectivity index (χ1) is 12.5. The first-order valence-corrected chi connectivity index (χ1v) is 10.5. The lowest BCUT2D eigenvalue weighted by Crippen LogP contribution is -2.54. The molecule has 1 aromatic rings. The molecule has 9 heteroatoms. The highest BCUT2D eigenvalue weighted by Crippen LogP contribution is 2.36. The molecule has 1 amide bonds. The van der Waals surface area contributed by atoms with E-state index in [0.717, 1.165) is 13.0 Å². The molecular formula is C17H24N4O4S. The van der Waals surface area contributed by atoms with Gasteiger partial charge in [-0.3, -0.25) is 10.2 Å². The average molecular weight is 380 g/mol. The van der Waals surface area contributed by atoms with Gasteiger partial charge in [0, 0.05) is 31.6 Å². The average Bonchev–Trinajstić information content (AvgIpc) is 3.19. The standard InChI is InChI=1S/C17H24N4O4S/c22-16(13-5-8-18-20-13)21-9-6-17(7-10-21)11-19-26(23,24)15-4-2-1-3-14(15)25-12-17/h1-4,13,18-20H,5-12H2. The van der Waals surface area contributed by atoms with Crippen LogP contribution in [0.2, 0.25) is 0 Å². The Morgan fingerprint density at radius 2 is 2.00 bits per heavy atom. The van der Waals surface area contributed by atoms with Crippen LogP contribution in [0.25, 0.3) is 0 Å². The van der Waals surface area contributed by atoms with Gasteiger partial charge in [0.25, 0.3) is 0 Å². The van der Waals surface area contributed by atoms with Crippen molar-refractivity contribution in [1.82, 2.24) is 20.5 Å². The van der Waals surface area contributed by atoms with Crippen molar-refractivity contribution in [2.45, 2.75) is 30.2 Å². The number of sulfonamides is 1. The van der Waals surface area contributed by atoms with Crippen LogP contribution in [0.4, 0.5) is 0 Å². The number of para-hydroxylation sites is 1. The maximum Gasteiger partial charge on any atom is 0.244 e. The summed E-state index contributed by atoms with van der Waals surface area (Å²) < 4.78 is 33.7. The smallest absolute Gasteiger partial charge is 0.244 e. The van der Waals surface area contributed by atoms with E-state index in [1.54, 1.807) is 24.3 Å². The van der Waals surface area contributed by atoms with E-state index in [4.69, 9.17) is 4.74 Å². The molecule has 0 aromatic heterocycles. The molecule has 0 aliphatic carbocycles.